The third-order valence-electron chi connectivity index (χ3n) is 5.58. The molecule has 156 valence electrons. The number of anilines is 1. The average Bonchev–Trinajstić information content (AvgIpc) is 3.42. The van der Waals surface area contributed by atoms with Crippen LogP contribution in [0.2, 0.25) is 0 Å². The number of carbonyl (C=O) groups is 2. The van der Waals surface area contributed by atoms with Gasteiger partial charge in [-0.05, 0) is 35.2 Å². The zero-order valence-electron chi connectivity index (χ0n) is 17.0. The predicted molar refractivity (Wildman–Crippen MR) is 120 cm³/mol. The number of amides is 2. The summed E-state index contributed by atoms with van der Waals surface area (Å²) in [5.41, 5.74) is 4.64. The summed E-state index contributed by atoms with van der Waals surface area (Å²) >= 11 is 1.59. The molecule has 0 bridgehead atoms. The molecule has 2 heterocycles. The Hall–Kier alpha value is -3.39. The molecule has 1 aliphatic heterocycles. The van der Waals surface area contributed by atoms with E-state index in [1.54, 1.807) is 28.4 Å². The molecule has 3 aromatic rings. The minimum atomic E-state index is -0.639. The van der Waals surface area contributed by atoms with Crippen molar-refractivity contribution in [2.45, 2.75) is 23.9 Å². The van der Waals surface area contributed by atoms with E-state index < -0.39 is 6.04 Å². The van der Waals surface area contributed by atoms with E-state index in [1.165, 1.54) is 11.8 Å². The van der Waals surface area contributed by atoms with E-state index in [1.807, 2.05) is 30.3 Å². The number of rotatable bonds is 4. The van der Waals surface area contributed by atoms with Crippen LogP contribution in [0.1, 0.15) is 27.2 Å². The largest absolute Gasteiger partial charge is 0.338 e. The van der Waals surface area contributed by atoms with Gasteiger partial charge in [-0.1, -0.05) is 47.7 Å². The summed E-state index contributed by atoms with van der Waals surface area (Å²) in [6.07, 6.45) is 6.57. The molecule has 2 aliphatic rings. The first-order valence-electron chi connectivity index (χ1n) is 10.1. The number of likely N-dealkylation sites (N-methyl/N-ethyl adjacent to an activating group) is 1. The summed E-state index contributed by atoms with van der Waals surface area (Å²) in [4.78, 5) is 28.8. The van der Waals surface area contributed by atoms with Crippen molar-refractivity contribution in [3.8, 4) is 0 Å². The van der Waals surface area contributed by atoms with Gasteiger partial charge in [0.2, 0.25) is 5.91 Å². The number of hydrogen-bond donors (Lipinski definition) is 1. The van der Waals surface area contributed by atoms with E-state index in [9.17, 15) is 9.59 Å². The predicted octanol–water partition coefficient (Wildman–Crippen LogP) is 2.76. The molecule has 31 heavy (non-hydrogen) atoms. The second-order valence-corrected chi connectivity index (χ2v) is 8.68. The molecule has 2 aromatic carbocycles. The van der Waals surface area contributed by atoms with Gasteiger partial charge >= 0.3 is 0 Å². The Bertz CT molecular complexity index is 1190. The number of aromatic nitrogens is 3. The fourth-order valence-electron chi connectivity index (χ4n) is 3.89. The van der Waals surface area contributed by atoms with Crippen LogP contribution in [0.5, 0.6) is 0 Å². The van der Waals surface area contributed by atoms with Crippen molar-refractivity contribution in [1.82, 2.24) is 20.3 Å². The number of thioether (sulfide) groups is 1. The van der Waals surface area contributed by atoms with E-state index in [0.717, 1.165) is 28.1 Å². The fourth-order valence-corrected chi connectivity index (χ4v) is 5.03. The second kappa shape index (κ2) is 8.03. The quantitative estimate of drug-likeness (QED) is 0.687. The Balaban J connectivity index is 1.34. The standard InChI is InChI=1S/C23H21N5O2S/c1-27-19-10-16-8-5-9-17(16)11-21(19)31-14-18(23(27)30)25-22(29)20-12-24-26-28(20)13-15-6-3-2-4-7-15/h2-8,10-12,18H,9,13-14H2,1H3,(H,25,29)/t18-/m0/s1. The highest BCUT2D eigenvalue weighted by Crippen LogP contribution is 2.38. The van der Waals surface area contributed by atoms with Gasteiger partial charge in [-0.25, -0.2) is 4.68 Å². The number of carbonyl (C=O) groups excluding carboxylic acids is 2. The second-order valence-electron chi connectivity index (χ2n) is 7.62. The Morgan fingerprint density at radius 2 is 2.10 bits per heavy atom. The first kappa shape index (κ1) is 19.6. The smallest absolute Gasteiger partial charge is 0.271 e. The maximum Gasteiger partial charge on any atom is 0.271 e. The molecule has 8 heteroatoms. The van der Waals surface area contributed by atoms with Crippen LogP contribution in [0.25, 0.3) is 6.08 Å². The van der Waals surface area contributed by atoms with Crippen LogP contribution in [0.15, 0.2) is 59.6 Å². The van der Waals surface area contributed by atoms with Crippen molar-refractivity contribution in [3.05, 3.63) is 77.1 Å². The lowest BCUT2D eigenvalue weighted by Crippen LogP contribution is -2.48. The topological polar surface area (TPSA) is 80.1 Å². The van der Waals surface area contributed by atoms with Crippen molar-refractivity contribution in [1.29, 1.82) is 0 Å². The van der Waals surface area contributed by atoms with Gasteiger partial charge < -0.3 is 10.2 Å². The van der Waals surface area contributed by atoms with Gasteiger partial charge in [-0.15, -0.1) is 16.9 Å². The first-order chi connectivity index (χ1) is 15.1. The number of fused-ring (bicyclic) bond motifs is 2. The zero-order valence-corrected chi connectivity index (χ0v) is 17.8. The number of hydrogen-bond acceptors (Lipinski definition) is 5. The Morgan fingerprint density at radius 1 is 1.26 bits per heavy atom. The van der Waals surface area contributed by atoms with Gasteiger partial charge in [0, 0.05) is 17.7 Å². The average molecular weight is 432 g/mol. The number of allylic oxidation sites excluding steroid dienone is 1. The van der Waals surface area contributed by atoms with Gasteiger partial charge in [0.05, 0.1) is 18.4 Å². The van der Waals surface area contributed by atoms with Crippen molar-refractivity contribution < 1.29 is 9.59 Å². The zero-order chi connectivity index (χ0) is 21.4. The molecule has 0 spiro atoms. The molecule has 1 aromatic heterocycles. The van der Waals surface area contributed by atoms with E-state index >= 15 is 0 Å². The maximum atomic E-state index is 13.1. The Kier molecular flexibility index (Phi) is 5.07. The Morgan fingerprint density at radius 3 is 2.94 bits per heavy atom. The van der Waals surface area contributed by atoms with Crippen molar-refractivity contribution in [2.24, 2.45) is 0 Å². The van der Waals surface area contributed by atoms with Crippen LogP contribution in [-0.2, 0) is 17.8 Å². The van der Waals surface area contributed by atoms with Crippen molar-refractivity contribution in [2.75, 3.05) is 17.7 Å². The lowest BCUT2D eigenvalue weighted by molar-refractivity contribution is -0.119. The third-order valence-corrected chi connectivity index (χ3v) is 6.72. The highest BCUT2D eigenvalue weighted by Gasteiger charge is 2.31. The molecule has 0 saturated carbocycles. The summed E-state index contributed by atoms with van der Waals surface area (Å²) in [5, 5.41) is 10.8. The number of nitrogens with zero attached hydrogens (tertiary/aromatic N) is 4. The highest BCUT2D eigenvalue weighted by atomic mass is 32.2. The monoisotopic (exact) mass is 431 g/mol. The lowest BCUT2D eigenvalue weighted by atomic mass is 10.1. The summed E-state index contributed by atoms with van der Waals surface area (Å²) in [7, 11) is 1.76. The minimum Gasteiger partial charge on any atom is -0.338 e. The highest BCUT2D eigenvalue weighted by molar-refractivity contribution is 7.99. The van der Waals surface area contributed by atoms with Crippen LogP contribution in [0.4, 0.5) is 5.69 Å². The third kappa shape index (κ3) is 3.74. The molecule has 7 nitrogen and oxygen atoms in total. The maximum absolute atomic E-state index is 13.1. The Labute approximate surface area is 184 Å². The van der Waals surface area contributed by atoms with Gasteiger partial charge in [0.25, 0.3) is 5.91 Å². The molecule has 0 unspecified atom stereocenters. The summed E-state index contributed by atoms with van der Waals surface area (Å²) in [5.74, 6) is -0.0257. The molecule has 0 fully saturated rings. The van der Waals surface area contributed by atoms with Crippen LogP contribution in [0.3, 0.4) is 0 Å². The van der Waals surface area contributed by atoms with Gasteiger partial charge in [-0.2, -0.15) is 0 Å². The van der Waals surface area contributed by atoms with Crippen LogP contribution in [0, 0.1) is 0 Å². The van der Waals surface area contributed by atoms with Crippen LogP contribution in [-0.4, -0.2) is 45.7 Å². The van der Waals surface area contributed by atoms with Gasteiger partial charge in [0.15, 0.2) is 0 Å². The molecule has 2 amide bonds. The van der Waals surface area contributed by atoms with E-state index in [0.29, 0.717) is 18.0 Å². The molecular weight excluding hydrogens is 410 g/mol. The van der Waals surface area contributed by atoms with Crippen molar-refractivity contribution in [3.63, 3.8) is 0 Å². The molecule has 1 aliphatic carbocycles. The summed E-state index contributed by atoms with van der Waals surface area (Å²) < 4.78 is 1.55. The van der Waals surface area contributed by atoms with E-state index in [-0.39, 0.29) is 11.8 Å². The molecule has 1 atom stereocenters. The lowest BCUT2D eigenvalue weighted by Gasteiger charge is -2.22. The normalized spacial score (nSPS) is 17.3. The summed E-state index contributed by atoms with van der Waals surface area (Å²) in [6, 6.07) is 13.3. The molecule has 0 radical (unpaired) electrons. The first-order valence-corrected chi connectivity index (χ1v) is 11.1. The molecule has 1 N–H and O–H groups in total. The number of benzene rings is 2. The molecule has 5 rings (SSSR count). The van der Waals surface area contributed by atoms with Crippen LogP contribution >= 0.6 is 11.8 Å². The van der Waals surface area contributed by atoms with E-state index in [4.69, 9.17) is 0 Å². The van der Waals surface area contributed by atoms with Gasteiger partial charge in [-0.3, -0.25) is 9.59 Å². The SMILES string of the molecule is CN1C(=O)[C@@H](NC(=O)c2cnnn2Cc2ccccc2)CSc2cc3c(cc21)C=CC3. The summed E-state index contributed by atoms with van der Waals surface area (Å²) in [6.45, 7) is 0.432. The minimum absolute atomic E-state index is 0.136. The van der Waals surface area contributed by atoms with Crippen LogP contribution < -0.4 is 10.2 Å². The van der Waals surface area contributed by atoms with E-state index in [2.05, 4.69) is 39.9 Å². The molecule has 0 saturated heterocycles. The molecular formula is C23H21N5O2S. The van der Waals surface area contributed by atoms with Crippen molar-refractivity contribution >= 4 is 35.3 Å². The fraction of sp³-hybridized carbons (Fsp3) is 0.217. The number of nitrogens with one attached hydrogen (secondary N) is 1. The van der Waals surface area contributed by atoms with Gasteiger partial charge in [0.1, 0.15) is 11.7 Å².